The van der Waals surface area contributed by atoms with Crippen LogP contribution in [0.5, 0.6) is 0 Å². The SMILES string of the molecule is C[Si](C)(C)C#Cc1ccc2c(c1)C(c1ccccc1F)=NCc1c(C(=O)OCC(F)(F)F)ncn1-2. The summed E-state index contributed by atoms with van der Waals surface area (Å²) in [5, 5.41) is 0. The molecule has 0 N–H and O–H groups in total. The molecule has 0 amide bonds. The van der Waals surface area contributed by atoms with Crippen LogP contribution in [0.2, 0.25) is 19.6 Å². The molecular formula is C25H21F4N3O2Si. The third kappa shape index (κ3) is 5.52. The lowest BCUT2D eigenvalue weighted by molar-refractivity contribution is -0.161. The van der Waals surface area contributed by atoms with Crippen LogP contribution in [0.15, 0.2) is 53.8 Å². The van der Waals surface area contributed by atoms with Crippen LogP contribution in [0.4, 0.5) is 17.6 Å². The fraction of sp³-hybridized carbons (Fsp3) is 0.240. The zero-order valence-electron chi connectivity index (χ0n) is 19.2. The lowest BCUT2D eigenvalue weighted by Crippen LogP contribution is -2.21. The minimum absolute atomic E-state index is 0.120. The number of nitrogens with zero attached hydrogens (tertiary/aromatic N) is 3. The predicted octanol–water partition coefficient (Wildman–Crippen LogP) is 5.31. The Morgan fingerprint density at radius 3 is 2.57 bits per heavy atom. The van der Waals surface area contributed by atoms with E-state index in [1.165, 1.54) is 12.4 Å². The zero-order chi connectivity index (χ0) is 25.4. The number of alkyl halides is 3. The van der Waals surface area contributed by atoms with E-state index >= 15 is 0 Å². The summed E-state index contributed by atoms with van der Waals surface area (Å²) in [4.78, 5) is 20.9. The molecule has 0 bridgehead atoms. The number of imidazole rings is 1. The first-order chi connectivity index (χ1) is 16.4. The van der Waals surface area contributed by atoms with Crippen LogP contribution in [-0.4, -0.2) is 42.1 Å². The van der Waals surface area contributed by atoms with Gasteiger partial charge in [-0.25, -0.2) is 14.2 Å². The smallest absolute Gasteiger partial charge is 0.422 e. The Morgan fingerprint density at radius 2 is 1.89 bits per heavy atom. The van der Waals surface area contributed by atoms with E-state index in [1.54, 1.807) is 41.0 Å². The van der Waals surface area contributed by atoms with Crippen LogP contribution in [0, 0.1) is 17.3 Å². The molecule has 5 nitrogen and oxygen atoms in total. The fourth-order valence-corrected chi connectivity index (χ4v) is 4.03. The van der Waals surface area contributed by atoms with Crippen LogP contribution >= 0.6 is 0 Å². The molecule has 1 aliphatic rings. The first-order valence-electron chi connectivity index (χ1n) is 10.7. The van der Waals surface area contributed by atoms with Crippen LogP contribution in [-0.2, 0) is 11.3 Å². The van der Waals surface area contributed by atoms with Gasteiger partial charge in [0.2, 0.25) is 0 Å². The molecule has 2 aromatic carbocycles. The van der Waals surface area contributed by atoms with Crippen molar-refractivity contribution in [2.45, 2.75) is 32.4 Å². The second-order valence-corrected chi connectivity index (χ2v) is 13.7. The summed E-state index contributed by atoms with van der Waals surface area (Å²) in [7, 11) is -1.66. The highest BCUT2D eigenvalue weighted by atomic mass is 28.3. The van der Waals surface area contributed by atoms with Crippen molar-refractivity contribution in [3.63, 3.8) is 0 Å². The molecule has 1 aliphatic heterocycles. The monoisotopic (exact) mass is 499 g/mol. The fourth-order valence-electron chi connectivity index (χ4n) is 3.51. The molecule has 10 heteroatoms. The topological polar surface area (TPSA) is 56.5 Å². The van der Waals surface area contributed by atoms with Gasteiger partial charge in [-0.3, -0.25) is 9.56 Å². The van der Waals surface area contributed by atoms with Gasteiger partial charge in [0, 0.05) is 16.7 Å². The highest BCUT2D eigenvalue weighted by Gasteiger charge is 2.32. The maximum Gasteiger partial charge on any atom is 0.422 e. The standard InChI is InChI=1S/C25H21F4N3O2Si/c1-35(2,3)11-10-16-8-9-20-18(12-16)22(17-6-4-5-7-19(17)26)30-13-21-23(31-15-32(20)21)24(33)34-14-25(27,28)29/h4-9,12,15H,13-14H2,1-3H3. The molecular weight excluding hydrogens is 478 g/mol. The van der Waals surface area contributed by atoms with Crippen molar-refractivity contribution >= 4 is 19.8 Å². The number of hydrogen-bond donors (Lipinski definition) is 0. The summed E-state index contributed by atoms with van der Waals surface area (Å²) in [6.45, 7) is 4.51. The van der Waals surface area contributed by atoms with E-state index in [0.717, 1.165) is 0 Å². The highest BCUT2D eigenvalue weighted by molar-refractivity contribution is 6.83. The van der Waals surface area contributed by atoms with E-state index in [9.17, 15) is 22.4 Å². The number of benzene rings is 2. The molecule has 0 unspecified atom stereocenters. The van der Waals surface area contributed by atoms with Gasteiger partial charge in [0.1, 0.15) is 20.2 Å². The lowest BCUT2D eigenvalue weighted by Gasteiger charge is -2.13. The minimum Gasteiger partial charge on any atom is -0.451 e. The van der Waals surface area contributed by atoms with Gasteiger partial charge in [-0.15, -0.1) is 5.54 Å². The van der Waals surface area contributed by atoms with Gasteiger partial charge in [-0.2, -0.15) is 13.2 Å². The molecule has 0 fully saturated rings. The van der Waals surface area contributed by atoms with Gasteiger partial charge in [-0.05, 0) is 30.3 Å². The number of aliphatic imine (C=N–C) groups is 1. The summed E-state index contributed by atoms with van der Waals surface area (Å²) in [5.41, 5.74) is 5.67. The highest BCUT2D eigenvalue weighted by Crippen LogP contribution is 2.29. The van der Waals surface area contributed by atoms with Gasteiger partial charge in [0.25, 0.3) is 0 Å². The zero-order valence-corrected chi connectivity index (χ0v) is 20.2. The molecule has 3 aromatic rings. The normalized spacial score (nSPS) is 13.1. The molecule has 1 aromatic heterocycles. The molecule has 0 aliphatic carbocycles. The van der Waals surface area contributed by atoms with Crippen molar-refractivity contribution in [2.24, 2.45) is 4.99 Å². The van der Waals surface area contributed by atoms with Gasteiger partial charge in [-0.1, -0.05) is 37.7 Å². The number of aromatic nitrogens is 2. The number of ether oxygens (including phenoxy) is 1. The predicted molar refractivity (Wildman–Crippen MR) is 126 cm³/mol. The number of fused-ring (bicyclic) bond motifs is 3. The van der Waals surface area contributed by atoms with Crippen molar-refractivity contribution in [3.05, 3.63) is 82.7 Å². The number of halogens is 4. The molecule has 4 rings (SSSR count). The van der Waals surface area contributed by atoms with Crippen molar-refractivity contribution in [1.82, 2.24) is 9.55 Å². The van der Waals surface area contributed by atoms with E-state index in [-0.39, 0.29) is 23.5 Å². The molecule has 0 saturated heterocycles. The van der Waals surface area contributed by atoms with E-state index in [4.69, 9.17) is 0 Å². The van der Waals surface area contributed by atoms with Crippen LogP contribution in [0.1, 0.15) is 32.9 Å². The molecule has 0 radical (unpaired) electrons. The molecule has 0 atom stereocenters. The van der Waals surface area contributed by atoms with E-state index in [2.05, 4.69) is 45.8 Å². The third-order valence-electron chi connectivity index (χ3n) is 5.04. The van der Waals surface area contributed by atoms with Crippen LogP contribution in [0.3, 0.4) is 0 Å². The second-order valence-electron chi connectivity index (χ2n) is 8.98. The summed E-state index contributed by atoms with van der Waals surface area (Å²) in [6.07, 6.45) is -3.34. The lowest BCUT2D eigenvalue weighted by atomic mass is 9.98. The van der Waals surface area contributed by atoms with Crippen molar-refractivity contribution in [1.29, 1.82) is 0 Å². The average Bonchev–Trinajstić information content (AvgIpc) is 3.13. The number of carbonyl (C=O) groups excluding carboxylic acids is 1. The second kappa shape index (κ2) is 9.15. The molecule has 0 spiro atoms. The molecule has 2 heterocycles. The average molecular weight is 500 g/mol. The number of esters is 1. The van der Waals surface area contributed by atoms with E-state index in [1.807, 2.05) is 0 Å². The largest absolute Gasteiger partial charge is 0.451 e. The maximum absolute atomic E-state index is 14.8. The van der Waals surface area contributed by atoms with Crippen LogP contribution in [0.25, 0.3) is 5.69 Å². The Morgan fingerprint density at radius 1 is 1.14 bits per heavy atom. The summed E-state index contributed by atoms with van der Waals surface area (Å²) in [5.74, 6) is 1.49. The van der Waals surface area contributed by atoms with Crippen LogP contribution < -0.4 is 0 Å². The summed E-state index contributed by atoms with van der Waals surface area (Å²) < 4.78 is 58.4. The van der Waals surface area contributed by atoms with Gasteiger partial charge < -0.3 is 4.74 Å². The quantitative estimate of drug-likeness (QED) is 0.212. The molecule has 0 saturated carbocycles. The number of rotatable bonds is 3. The van der Waals surface area contributed by atoms with Gasteiger partial charge in [0.15, 0.2) is 12.3 Å². The van der Waals surface area contributed by atoms with Crippen molar-refractivity contribution in [2.75, 3.05) is 6.61 Å². The van der Waals surface area contributed by atoms with Gasteiger partial charge in [0.05, 0.1) is 23.6 Å². The Labute approximate surface area is 200 Å². The Kier molecular flexibility index (Phi) is 6.38. The maximum atomic E-state index is 14.8. The summed E-state index contributed by atoms with van der Waals surface area (Å²) in [6, 6.07) is 11.5. The number of carbonyl (C=O) groups is 1. The Bertz CT molecular complexity index is 1390. The minimum atomic E-state index is -4.66. The molecule has 180 valence electrons. The molecule has 35 heavy (non-hydrogen) atoms. The van der Waals surface area contributed by atoms with Gasteiger partial charge >= 0.3 is 12.1 Å². The van der Waals surface area contributed by atoms with Crippen molar-refractivity contribution in [3.8, 4) is 17.2 Å². The number of hydrogen-bond acceptors (Lipinski definition) is 4. The third-order valence-corrected chi connectivity index (χ3v) is 5.91. The van der Waals surface area contributed by atoms with E-state index < -0.39 is 32.6 Å². The van der Waals surface area contributed by atoms with E-state index in [0.29, 0.717) is 22.5 Å². The van der Waals surface area contributed by atoms with Crippen molar-refractivity contribution < 1.29 is 27.1 Å². The Hall–Kier alpha value is -3.71. The summed E-state index contributed by atoms with van der Waals surface area (Å²) >= 11 is 0. The first-order valence-corrected chi connectivity index (χ1v) is 14.2. The Balaban J connectivity index is 1.85. The first kappa shape index (κ1) is 24.4.